The number of nitro benzene ring substituents is 1. The highest BCUT2D eigenvalue weighted by Crippen LogP contribution is 2.39. The Hall–Kier alpha value is -5.47. The van der Waals surface area contributed by atoms with Gasteiger partial charge in [0.2, 0.25) is 5.91 Å². The standard InChI is InChI=1S/C52H70N6O17/c1-29-23-34(48(64)53-19-10-9-15-35-27-57(55-54-35)22-21-56-20-18-33-25-36(58(68)69)16-17-37(33)56)26-38(45(29)75-51-44(63)43(62)41(60)30(2)70-51)72-52-47(74-50(67)32-13-7-4-8-14-32)46(42(61)40(28-59)73-52)71-39(49(65)66)24-31-11-5-3-6-12-31/h4,7-8,13-14,16-18,20,25,27,29-31,34,38-47,51-52,59-63H,3,5-6,9-12,15,19,21-24,26,28H2,1-2H3,(H,53,64)(H,65,66)/t29-,30?,34?,38-,39+,40+,41-,42+,43?,44+,45?,46?,47?,51+,52-/m1/s1. The molecular formula is C52H70N6O17. The monoisotopic (exact) mass is 1050 g/mol. The van der Waals surface area contributed by atoms with Crippen LogP contribution in [0.1, 0.15) is 94.1 Å². The number of nitrogens with one attached hydrogen (secondary N) is 1. The van der Waals surface area contributed by atoms with E-state index >= 15 is 0 Å². The van der Waals surface area contributed by atoms with Gasteiger partial charge in [0, 0.05) is 54.4 Å². The van der Waals surface area contributed by atoms with Crippen LogP contribution in [0.15, 0.2) is 67.0 Å². The van der Waals surface area contributed by atoms with Crippen LogP contribution in [0.2, 0.25) is 0 Å². The minimum absolute atomic E-state index is 0.0251. The van der Waals surface area contributed by atoms with Gasteiger partial charge in [0.25, 0.3) is 5.69 Å². The fourth-order valence-corrected chi connectivity index (χ4v) is 10.9. The van der Waals surface area contributed by atoms with Crippen LogP contribution in [0.25, 0.3) is 10.9 Å². The lowest BCUT2D eigenvalue weighted by atomic mass is 9.77. The lowest BCUT2D eigenvalue weighted by Gasteiger charge is -2.48. The van der Waals surface area contributed by atoms with Crippen molar-refractivity contribution in [2.45, 2.75) is 177 Å². The second-order valence-electron chi connectivity index (χ2n) is 20.5. The first-order valence-corrected chi connectivity index (χ1v) is 26.1. The van der Waals surface area contributed by atoms with E-state index in [-0.39, 0.29) is 42.3 Å². The number of rotatable bonds is 22. The lowest BCUT2D eigenvalue weighted by molar-refractivity contribution is -0.384. The Morgan fingerprint density at radius 2 is 1.65 bits per heavy atom. The summed E-state index contributed by atoms with van der Waals surface area (Å²) in [5.41, 5.74) is 1.79. The highest BCUT2D eigenvalue weighted by Gasteiger charge is 2.54. The van der Waals surface area contributed by atoms with Gasteiger partial charge in [-0.25, -0.2) is 9.59 Å². The number of fused-ring (bicyclic) bond motifs is 1. The van der Waals surface area contributed by atoms with Gasteiger partial charge in [-0.2, -0.15) is 0 Å². The van der Waals surface area contributed by atoms with Gasteiger partial charge in [0.05, 0.1) is 47.6 Å². The lowest BCUT2D eigenvalue weighted by Crippen LogP contribution is -2.64. The van der Waals surface area contributed by atoms with Crippen molar-refractivity contribution < 1.29 is 78.4 Å². The maximum atomic E-state index is 14.1. The number of non-ortho nitro benzene ring substituents is 1. The molecule has 2 aromatic heterocycles. The molecule has 2 saturated carbocycles. The number of carbonyl (C=O) groups excluding carboxylic acids is 2. The van der Waals surface area contributed by atoms with E-state index in [1.54, 1.807) is 41.9 Å². The van der Waals surface area contributed by atoms with Crippen molar-refractivity contribution in [1.82, 2.24) is 24.9 Å². The summed E-state index contributed by atoms with van der Waals surface area (Å²) >= 11 is 0. The van der Waals surface area contributed by atoms with Crippen LogP contribution in [0.3, 0.4) is 0 Å². The van der Waals surface area contributed by atoms with Crippen molar-refractivity contribution in [3.63, 3.8) is 0 Å². The largest absolute Gasteiger partial charge is 0.479 e. The molecule has 0 radical (unpaired) electrons. The molecule has 2 aromatic carbocycles. The number of nitro groups is 1. The molecule has 7 N–H and O–H groups in total. The van der Waals surface area contributed by atoms with Gasteiger partial charge < -0.3 is 68.9 Å². The molecule has 23 heteroatoms. The van der Waals surface area contributed by atoms with E-state index in [4.69, 9.17) is 28.4 Å². The predicted octanol–water partition coefficient (Wildman–Crippen LogP) is 3.04. The van der Waals surface area contributed by atoms with Gasteiger partial charge in [0.15, 0.2) is 24.8 Å². The topological polar surface area (TPSA) is 319 Å². The van der Waals surface area contributed by atoms with Gasteiger partial charge >= 0.3 is 11.9 Å². The van der Waals surface area contributed by atoms with Crippen LogP contribution in [-0.2, 0) is 57.5 Å². The van der Waals surface area contributed by atoms with E-state index in [1.807, 2.05) is 23.0 Å². The fourth-order valence-electron chi connectivity index (χ4n) is 10.9. The molecule has 410 valence electrons. The Morgan fingerprint density at radius 3 is 2.39 bits per heavy atom. The smallest absolute Gasteiger partial charge is 0.338 e. The Labute approximate surface area is 433 Å². The van der Waals surface area contributed by atoms with Crippen LogP contribution in [0.4, 0.5) is 5.69 Å². The Balaban J connectivity index is 0.954. The Bertz CT molecular complexity index is 2520. The van der Waals surface area contributed by atoms with Crippen molar-refractivity contribution in [1.29, 1.82) is 0 Å². The molecule has 2 aliphatic heterocycles. The maximum absolute atomic E-state index is 14.1. The second-order valence-corrected chi connectivity index (χ2v) is 20.5. The molecule has 75 heavy (non-hydrogen) atoms. The highest BCUT2D eigenvalue weighted by atomic mass is 16.7. The second kappa shape index (κ2) is 25.6. The zero-order valence-electron chi connectivity index (χ0n) is 42.1. The van der Waals surface area contributed by atoms with Gasteiger partial charge in [-0.1, -0.05) is 62.4 Å². The predicted molar refractivity (Wildman–Crippen MR) is 263 cm³/mol. The van der Waals surface area contributed by atoms with E-state index in [0.29, 0.717) is 38.9 Å². The van der Waals surface area contributed by atoms with Crippen molar-refractivity contribution in [2.24, 2.45) is 17.8 Å². The summed E-state index contributed by atoms with van der Waals surface area (Å²) < 4.78 is 41.2. The van der Waals surface area contributed by atoms with E-state index in [9.17, 15) is 55.1 Å². The molecule has 4 aliphatic rings. The molecule has 8 rings (SSSR count). The van der Waals surface area contributed by atoms with Crippen LogP contribution in [0.5, 0.6) is 0 Å². The van der Waals surface area contributed by atoms with Crippen molar-refractivity contribution in [3.05, 3.63) is 88.4 Å². The number of aromatic nitrogens is 4. The van der Waals surface area contributed by atoms with E-state index < -0.39 is 115 Å². The van der Waals surface area contributed by atoms with Gasteiger partial charge in [0.1, 0.15) is 36.6 Å². The van der Waals surface area contributed by atoms with Gasteiger partial charge in [-0.15, -0.1) is 5.10 Å². The quantitative estimate of drug-likeness (QED) is 0.0257. The summed E-state index contributed by atoms with van der Waals surface area (Å²) in [6.45, 7) is 3.96. The molecule has 23 nitrogen and oxygen atoms in total. The number of hydrogen-bond acceptors (Lipinski definition) is 18. The molecule has 15 atom stereocenters. The zero-order chi connectivity index (χ0) is 53.3. The van der Waals surface area contributed by atoms with Crippen LogP contribution in [0, 0.1) is 27.9 Å². The van der Waals surface area contributed by atoms with E-state index in [0.717, 1.165) is 48.7 Å². The van der Waals surface area contributed by atoms with Gasteiger partial charge in [-0.3, -0.25) is 19.6 Å². The number of aliphatic hydroxyl groups is 5. The highest BCUT2D eigenvalue weighted by molar-refractivity contribution is 5.89. The number of aliphatic carboxylic acids is 1. The molecule has 0 bridgehead atoms. The van der Waals surface area contributed by atoms with Gasteiger partial charge in [-0.05, 0) is 81.5 Å². The normalized spacial score (nSPS) is 30.9. The minimum atomic E-state index is -1.70. The Morgan fingerprint density at radius 1 is 0.880 bits per heavy atom. The third kappa shape index (κ3) is 13.7. The summed E-state index contributed by atoms with van der Waals surface area (Å²) in [7, 11) is 0. The Kier molecular flexibility index (Phi) is 19.0. The van der Waals surface area contributed by atoms with E-state index in [2.05, 4.69) is 15.6 Å². The first-order chi connectivity index (χ1) is 36.1. The van der Waals surface area contributed by atoms with Crippen molar-refractivity contribution in [3.8, 4) is 0 Å². The summed E-state index contributed by atoms with van der Waals surface area (Å²) in [6.07, 6.45) is -8.25. The van der Waals surface area contributed by atoms with Crippen LogP contribution in [-0.4, -0.2) is 166 Å². The number of benzene rings is 2. The summed E-state index contributed by atoms with van der Waals surface area (Å²) in [4.78, 5) is 51.5. The number of hydrogen-bond donors (Lipinski definition) is 7. The molecular weight excluding hydrogens is 981 g/mol. The SMILES string of the molecule is CC1O[C@@H](OC2[C@H](C)CC(C(=O)NCCCCc3cn(CCn4ccc5cc([N+](=O)[O-])ccc54)nn3)C[C@H]2O[C@@H]2O[C@@H](CO)[C@H](O)C(O[C@@H](CC3CCCCC3)C(=O)O)C2OC(=O)c2ccccc2)[C@@H](O)C(O)[C@@H]1O. The molecule has 4 fully saturated rings. The number of aryl methyl sites for hydroxylation is 3. The minimum Gasteiger partial charge on any atom is -0.479 e. The number of carboxylic acid groups (broad SMARTS) is 1. The number of amides is 1. The van der Waals surface area contributed by atoms with E-state index in [1.165, 1.54) is 25.1 Å². The third-order valence-corrected chi connectivity index (χ3v) is 15.1. The average molecular weight is 1050 g/mol. The number of aliphatic hydroxyl groups excluding tert-OH is 5. The molecule has 4 heterocycles. The van der Waals surface area contributed by atoms with Crippen LogP contribution >= 0.6 is 0 Å². The molecule has 2 saturated heterocycles. The average Bonchev–Trinajstić information content (AvgIpc) is 4.05. The molecule has 6 unspecified atom stereocenters. The fraction of sp³-hybridized carbons (Fsp3) is 0.635. The molecule has 4 aromatic rings. The number of carboxylic acids is 1. The number of carbonyl (C=O) groups is 3. The first-order valence-electron chi connectivity index (χ1n) is 26.1. The molecule has 2 aliphatic carbocycles. The number of nitrogens with zero attached hydrogens (tertiary/aromatic N) is 5. The number of esters is 1. The summed E-state index contributed by atoms with van der Waals surface area (Å²) in [5, 5.41) is 88.5. The number of unbranched alkanes of at least 4 members (excludes halogenated alkanes) is 1. The third-order valence-electron chi connectivity index (χ3n) is 15.1. The summed E-state index contributed by atoms with van der Waals surface area (Å²) in [6, 6.07) is 14.5. The maximum Gasteiger partial charge on any atom is 0.338 e. The van der Waals surface area contributed by atoms with Crippen LogP contribution < -0.4 is 5.32 Å². The first kappa shape index (κ1) is 55.8. The van der Waals surface area contributed by atoms with Crippen molar-refractivity contribution >= 4 is 34.4 Å². The summed E-state index contributed by atoms with van der Waals surface area (Å²) in [5.74, 6) is -3.62. The number of ether oxygens (including phenoxy) is 6. The molecule has 1 amide bonds. The molecule has 0 spiro atoms. The zero-order valence-corrected chi connectivity index (χ0v) is 42.1. The van der Waals surface area contributed by atoms with Crippen molar-refractivity contribution in [2.75, 3.05) is 13.2 Å².